The van der Waals surface area contributed by atoms with Crippen LogP contribution in [0.15, 0.2) is 18.2 Å². The topological polar surface area (TPSA) is 72.3 Å². The van der Waals surface area contributed by atoms with E-state index in [9.17, 15) is 5.11 Å². The first-order valence-electron chi connectivity index (χ1n) is 4.01. The van der Waals surface area contributed by atoms with Crippen LogP contribution in [0.25, 0.3) is 0 Å². The first kappa shape index (κ1) is 10.3. The van der Waals surface area contributed by atoms with Crippen molar-refractivity contribution in [3.63, 3.8) is 0 Å². The molecule has 0 aromatic heterocycles. The van der Waals surface area contributed by atoms with E-state index in [1.165, 1.54) is 0 Å². The van der Waals surface area contributed by atoms with Gasteiger partial charge in [-0.2, -0.15) is 0 Å². The molecule has 2 atom stereocenters. The van der Waals surface area contributed by atoms with Gasteiger partial charge in [0, 0.05) is 6.04 Å². The summed E-state index contributed by atoms with van der Waals surface area (Å²) >= 11 is 5.79. The molecule has 72 valence electrons. The molecule has 13 heavy (non-hydrogen) atoms. The summed E-state index contributed by atoms with van der Waals surface area (Å²) in [5, 5.41) is 10.0. The summed E-state index contributed by atoms with van der Waals surface area (Å²) in [5.74, 6) is 0. The second-order valence-corrected chi connectivity index (χ2v) is 3.49. The van der Waals surface area contributed by atoms with E-state index in [1.54, 1.807) is 25.1 Å². The number of nitrogen functional groups attached to an aromatic ring is 1. The van der Waals surface area contributed by atoms with Crippen molar-refractivity contribution in [1.29, 1.82) is 0 Å². The molecule has 4 heteroatoms. The highest BCUT2D eigenvalue weighted by Gasteiger charge is 2.12. The fourth-order valence-electron chi connectivity index (χ4n) is 1.03. The van der Waals surface area contributed by atoms with Gasteiger partial charge in [0.15, 0.2) is 0 Å². The fraction of sp³-hybridized carbons (Fsp3) is 0.333. The summed E-state index contributed by atoms with van der Waals surface area (Å²) in [7, 11) is 0. The highest BCUT2D eigenvalue weighted by atomic mass is 35.5. The standard InChI is InChI=1S/C9H13ClN2O/c1-5(11)9(13)6-2-3-8(12)7(10)4-6/h2-5,9,13H,11-12H2,1H3/t5-,9+/m0/s1. The number of aliphatic hydroxyl groups excluding tert-OH is 1. The van der Waals surface area contributed by atoms with Crippen LogP contribution in [0.2, 0.25) is 5.02 Å². The van der Waals surface area contributed by atoms with E-state index >= 15 is 0 Å². The summed E-state index contributed by atoms with van der Waals surface area (Å²) in [4.78, 5) is 0. The zero-order chi connectivity index (χ0) is 10.0. The fourth-order valence-corrected chi connectivity index (χ4v) is 1.22. The second-order valence-electron chi connectivity index (χ2n) is 3.08. The van der Waals surface area contributed by atoms with E-state index in [4.69, 9.17) is 23.1 Å². The minimum absolute atomic E-state index is 0.320. The molecule has 0 saturated heterocycles. The van der Waals surface area contributed by atoms with Crippen molar-refractivity contribution in [2.75, 3.05) is 5.73 Å². The van der Waals surface area contributed by atoms with Crippen LogP contribution in [-0.4, -0.2) is 11.1 Å². The van der Waals surface area contributed by atoms with Crippen molar-refractivity contribution in [3.05, 3.63) is 28.8 Å². The van der Waals surface area contributed by atoms with Crippen LogP contribution in [0.5, 0.6) is 0 Å². The lowest BCUT2D eigenvalue weighted by Gasteiger charge is -2.15. The Kier molecular flexibility index (Phi) is 3.14. The summed E-state index contributed by atoms with van der Waals surface area (Å²) in [6, 6.07) is 4.68. The molecule has 0 fully saturated rings. The van der Waals surface area contributed by atoms with Crippen molar-refractivity contribution in [1.82, 2.24) is 0 Å². The molecule has 0 aliphatic carbocycles. The van der Waals surface area contributed by atoms with E-state index in [0.717, 1.165) is 0 Å². The maximum Gasteiger partial charge on any atom is 0.0938 e. The largest absolute Gasteiger partial charge is 0.398 e. The van der Waals surface area contributed by atoms with Crippen LogP contribution in [-0.2, 0) is 0 Å². The Morgan fingerprint density at radius 2 is 2.08 bits per heavy atom. The molecule has 0 saturated carbocycles. The average molecular weight is 201 g/mol. The summed E-state index contributed by atoms with van der Waals surface area (Å²) in [5.41, 5.74) is 12.2. The second kappa shape index (κ2) is 3.96. The molecule has 1 rings (SSSR count). The summed E-state index contributed by atoms with van der Waals surface area (Å²) in [6.45, 7) is 1.73. The number of anilines is 1. The van der Waals surface area contributed by atoms with Gasteiger partial charge in [0.05, 0.1) is 16.8 Å². The van der Waals surface area contributed by atoms with Crippen molar-refractivity contribution in [2.24, 2.45) is 5.73 Å². The number of benzene rings is 1. The van der Waals surface area contributed by atoms with Crippen molar-refractivity contribution in [3.8, 4) is 0 Å². The maximum absolute atomic E-state index is 9.59. The quantitative estimate of drug-likeness (QED) is 0.631. The van der Waals surface area contributed by atoms with Gasteiger partial charge in [0.2, 0.25) is 0 Å². The summed E-state index contributed by atoms with van der Waals surface area (Å²) < 4.78 is 0. The number of rotatable bonds is 2. The van der Waals surface area contributed by atoms with E-state index < -0.39 is 6.10 Å². The first-order chi connectivity index (χ1) is 6.02. The lowest BCUT2D eigenvalue weighted by molar-refractivity contribution is 0.153. The monoisotopic (exact) mass is 200 g/mol. The molecule has 0 unspecified atom stereocenters. The van der Waals surface area contributed by atoms with Gasteiger partial charge < -0.3 is 16.6 Å². The number of hydrogen-bond acceptors (Lipinski definition) is 3. The van der Waals surface area contributed by atoms with E-state index in [-0.39, 0.29) is 6.04 Å². The zero-order valence-electron chi connectivity index (χ0n) is 7.37. The van der Waals surface area contributed by atoms with Crippen LogP contribution < -0.4 is 11.5 Å². The normalized spacial score (nSPS) is 15.4. The molecule has 5 N–H and O–H groups in total. The van der Waals surface area contributed by atoms with E-state index in [0.29, 0.717) is 16.3 Å². The highest BCUT2D eigenvalue weighted by molar-refractivity contribution is 6.33. The van der Waals surface area contributed by atoms with E-state index in [2.05, 4.69) is 0 Å². The molecular weight excluding hydrogens is 188 g/mol. The molecule has 0 bridgehead atoms. The molecule has 1 aromatic rings. The van der Waals surface area contributed by atoms with Crippen LogP contribution >= 0.6 is 11.6 Å². The molecule has 0 spiro atoms. The highest BCUT2D eigenvalue weighted by Crippen LogP contribution is 2.24. The van der Waals surface area contributed by atoms with Gasteiger partial charge in [0.25, 0.3) is 0 Å². The Bertz CT molecular complexity index is 302. The van der Waals surface area contributed by atoms with Crippen LogP contribution in [0.1, 0.15) is 18.6 Å². The van der Waals surface area contributed by atoms with E-state index in [1.807, 2.05) is 0 Å². The Hall–Kier alpha value is -0.770. The lowest BCUT2D eigenvalue weighted by atomic mass is 10.0. The maximum atomic E-state index is 9.59. The van der Waals surface area contributed by atoms with Gasteiger partial charge in [-0.3, -0.25) is 0 Å². The molecule has 0 aliphatic rings. The molecular formula is C9H13ClN2O. The Morgan fingerprint density at radius 3 is 2.54 bits per heavy atom. The minimum Gasteiger partial charge on any atom is -0.398 e. The molecule has 1 aromatic carbocycles. The van der Waals surface area contributed by atoms with Crippen LogP contribution in [0, 0.1) is 0 Å². The Balaban J connectivity index is 2.97. The van der Waals surface area contributed by atoms with Gasteiger partial charge in [-0.1, -0.05) is 17.7 Å². The number of nitrogens with two attached hydrogens (primary N) is 2. The Morgan fingerprint density at radius 1 is 1.46 bits per heavy atom. The molecule has 0 amide bonds. The minimum atomic E-state index is -0.696. The van der Waals surface area contributed by atoms with Crippen molar-refractivity contribution in [2.45, 2.75) is 19.1 Å². The van der Waals surface area contributed by atoms with Gasteiger partial charge in [0.1, 0.15) is 0 Å². The third-order valence-electron chi connectivity index (χ3n) is 1.86. The third kappa shape index (κ3) is 2.34. The number of halogens is 1. The third-order valence-corrected chi connectivity index (χ3v) is 2.19. The Labute approximate surface area is 82.3 Å². The number of hydrogen-bond donors (Lipinski definition) is 3. The van der Waals surface area contributed by atoms with Gasteiger partial charge >= 0.3 is 0 Å². The predicted octanol–water partition coefficient (Wildman–Crippen LogP) is 1.30. The average Bonchev–Trinajstić information content (AvgIpc) is 2.08. The van der Waals surface area contributed by atoms with Crippen LogP contribution in [0.4, 0.5) is 5.69 Å². The van der Waals surface area contributed by atoms with Crippen LogP contribution in [0.3, 0.4) is 0 Å². The molecule has 3 nitrogen and oxygen atoms in total. The predicted molar refractivity (Wildman–Crippen MR) is 54.5 cm³/mol. The molecule has 0 radical (unpaired) electrons. The first-order valence-corrected chi connectivity index (χ1v) is 4.38. The van der Waals surface area contributed by atoms with Gasteiger partial charge in [-0.25, -0.2) is 0 Å². The SMILES string of the molecule is C[C@H](N)[C@@H](O)c1ccc(N)c(Cl)c1. The van der Waals surface area contributed by atoms with Crippen molar-refractivity contribution < 1.29 is 5.11 Å². The van der Waals surface area contributed by atoms with Gasteiger partial charge in [-0.05, 0) is 24.6 Å². The smallest absolute Gasteiger partial charge is 0.0938 e. The number of aliphatic hydroxyl groups is 1. The zero-order valence-corrected chi connectivity index (χ0v) is 8.12. The van der Waals surface area contributed by atoms with Gasteiger partial charge in [-0.15, -0.1) is 0 Å². The lowest BCUT2D eigenvalue weighted by Crippen LogP contribution is -2.24. The van der Waals surface area contributed by atoms with Crippen molar-refractivity contribution >= 4 is 17.3 Å². The summed E-state index contributed by atoms with van der Waals surface area (Å²) in [6.07, 6.45) is -0.696. The molecule has 0 heterocycles. The molecule has 0 aliphatic heterocycles.